The van der Waals surface area contributed by atoms with Crippen LogP contribution in [0.25, 0.3) is 10.2 Å². The number of hydrogen-bond acceptors (Lipinski definition) is 8. The van der Waals surface area contributed by atoms with E-state index in [-0.39, 0.29) is 5.97 Å². The van der Waals surface area contributed by atoms with Gasteiger partial charge in [-0.15, -0.1) is 11.3 Å². The van der Waals surface area contributed by atoms with E-state index < -0.39 is 0 Å². The minimum Gasteiger partial charge on any atom is -0.462 e. The lowest BCUT2D eigenvalue weighted by Gasteiger charge is -2.36. The molecular weight excluding hydrogens is 422 g/mol. The van der Waals surface area contributed by atoms with Gasteiger partial charge in [0.15, 0.2) is 0 Å². The molecule has 0 spiro atoms. The molecule has 1 fully saturated rings. The predicted molar refractivity (Wildman–Crippen MR) is 128 cm³/mol. The molecule has 170 valence electrons. The second kappa shape index (κ2) is 9.92. The second-order valence-corrected chi connectivity index (χ2v) is 9.56. The van der Waals surface area contributed by atoms with E-state index in [0.717, 1.165) is 60.0 Å². The van der Waals surface area contributed by atoms with Crippen molar-refractivity contribution in [1.29, 1.82) is 0 Å². The highest BCUT2D eigenvalue weighted by molar-refractivity contribution is 7.20. The van der Waals surface area contributed by atoms with Crippen LogP contribution in [-0.4, -0.2) is 59.1 Å². The van der Waals surface area contributed by atoms with Crippen LogP contribution in [0.1, 0.15) is 46.4 Å². The Balaban J connectivity index is 1.55. The summed E-state index contributed by atoms with van der Waals surface area (Å²) in [5.74, 6) is 1.97. The summed E-state index contributed by atoms with van der Waals surface area (Å²) >= 11 is 1.41. The van der Waals surface area contributed by atoms with Gasteiger partial charge in [0.1, 0.15) is 21.3 Å². The number of carbonyl (C=O) groups excluding carboxylic acids is 1. The van der Waals surface area contributed by atoms with Gasteiger partial charge in [-0.25, -0.2) is 14.8 Å². The van der Waals surface area contributed by atoms with Crippen LogP contribution in [0.4, 0.5) is 5.82 Å². The largest absolute Gasteiger partial charge is 0.462 e. The fraction of sp³-hybridized carbons (Fsp3) is 0.500. The quantitative estimate of drug-likeness (QED) is 0.496. The van der Waals surface area contributed by atoms with Gasteiger partial charge in [0.2, 0.25) is 0 Å². The van der Waals surface area contributed by atoms with E-state index in [4.69, 9.17) is 9.72 Å². The average Bonchev–Trinajstić information content (AvgIpc) is 3.10. The summed E-state index contributed by atoms with van der Waals surface area (Å²) in [6, 6.07) is 4.11. The Morgan fingerprint density at radius 3 is 2.94 bits per heavy atom. The minimum absolute atomic E-state index is 0.273. The van der Waals surface area contributed by atoms with Crippen LogP contribution in [0, 0.1) is 19.8 Å². The molecule has 1 aliphatic heterocycles. The van der Waals surface area contributed by atoms with Crippen LogP contribution in [0.5, 0.6) is 0 Å². The van der Waals surface area contributed by atoms with Crippen LogP contribution in [0.3, 0.4) is 0 Å². The molecule has 0 amide bonds. The van der Waals surface area contributed by atoms with Gasteiger partial charge in [-0.2, -0.15) is 0 Å². The molecule has 7 nitrogen and oxygen atoms in total. The van der Waals surface area contributed by atoms with Gasteiger partial charge in [0.05, 0.1) is 12.0 Å². The van der Waals surface area contributed by atoms with Crippen molar-refractivity contribution in [2.45, 2.75) is 40.2 Å². The van der Waals surface area contributed by atoms with Gasteiger partial charge in [-0.05, 0) is 63.8 Å². The molecule has 32 heavy (non-hydrogen) atoms. The zero-order chi connectivity index (χ0) is 22.7. The average molecular weight is 454 g/mol. The fourth-order valence-corrected chi connectivity index (χ4v) is 5.67. The number of carbonyl (C=O) groups is 1. The summed E-state index contributed by atoms with van der Waals surface area (Å²) in [5.41, 5.74) is 2.16. The third-order valence-corrected chi connectivity index (χ3v) is 7.07. The third-order valence-electron chi connectivity index (χ3n) is 5.91. The molecule has 0 bridgehead atoms. The number of anilines is 1. The van der Waals surface area contributed by atoms with E-state index in [1.807, 2.05) is 39.2 Å². The smallest absolute Gasteiger partial charge is 0.348 e. The summed E-state index contributed by atoms with van der Waals surface area (Å²) in [4.78, 5) is 32.4. The second-order valence-electron chi connectivity index (χ2n) is 8.56. The number of ether oxygens (including phenoxy) is 1. The molecule has 3 aromatic rings. The monoisotopic (exact) mass is 453 g/mol. The number of esters is 1. The first-order valence-corrected chi connectivity index (χ1v) is 12.0. The Bertz CT molecular complexity index is 1080. The van der Waals surface area contributed by atoms with Gasteiger partial charge < -0.3 is 14.5 Å². The number of piperidine rings is 1. The lowest BCUT2D eigenvalue weighted by atomic mass is 9.97. The lowest BCUT2D eigenvalue weighted by Crippen LogP contribution is -2.40. The van der Waals surface area contributed by atoms with E-state index in [0.29, 0.717) is 17.4 Å². The Morgan fingerprint density at radius 2 is 2.19 bits per heavy atom. The van der Waals surface area contributed by atoms with Crippen LogP contribution in [-0.2, 0) is 11.3 Å². The molecule has 8 heteroatoms. The zero-order valence-electron chi connectivity index (χ0n) is 19.3. The Labute approximate surface area is 193 Å². The molecule has 1 aliphatic rings. The number of rotatable bonds is 7. The Kier molecular flexibility index (Phi) is 7.01. The summed E-state index contributed by atoms with van der Waals surface area (Å²) in [5, 5.41) is 0.994. The predicted octanol–water partition coefficient (Wildman–Crippen LogP) is 4.23. The first-order valence-electron chi connectivity index (χ1n) is 11.2. The molecular formula is C24H31N5O2S. The highest BCUT2D eigenvalue weighted by Gasteiger charge is 2.27. The maximum atomic E-state index is 12.4. The number of aryl methyl sites for hydroxylation is 2. The SMILES string of the molecule is CCOC(=O)c1sc2nc(C)nc(N3CCCC(CN(C)Cc4cccnc4)C3)c2c1C. The van der Waals surface area contributed by atoms with Crippen molar-refractivity contribution in [3.63, 3.8) is 0 Å². The maximum Gasteiger partial charge on any atom is 0.348 e. The summed E-state index contributed by atoms with van der Waals surface area (Å²) in [6.07, 6.45) is 6.08. The molecule has 4 heterocycles. The van der Waals surface area contributed by atoms with Crippen LogP contribution in [0.2, 0.25) is 0 Å². The minimum atomic E-state index is -0.273. The van der Waals surface area contributed by atoms with Gasteiger partial charge in [0, 0.05) is 38.6 Å². The van der Waals surface area contributed by atoms with Crippen molar-refractivity contribution in [2.24, 2.45) is 5.92 Å². The molecule has 0 saturated carbocycles. The van der Waals surface area contributed by atoms with Crippen molar-refractivity contribution in [1.82, 2.24) is 19.9 Å². The molecule has 3 aromatic heterocycles. The third kappa shape index (κ3) is 4.91. The normalized spacial score (nSPS) is 16.7. The Hall–Kier alpha value is -2.58. The van der Waals surface area contributed by atoms with Crippen molar-refractivity contribution in [3.8, 4) is 0 Å². The van der Waals surface area contributed by atoms with Crippen LogP contribution in [0.15, 0.2) is 24.5 Å². The molecule has 1 atom stereocenters. The van der Waals surface area contributed by atoms with Crippen LogP contribution >= 0.6 is 11.3 Å². The summed E-state index contributed by atoms with van der Waals surface area (Å²) in [6.45, 7) is 9.94. The maximum absolute atomic E-state index is 12.4. The molecule has 1 unspecified atom stereocenters. The van der Waals surface area contributed by atoms with Crippen molar-refractivity contribution in [3.05, 3.63) is 46.4 Å². The van der Waals surface area contributed by atoms with Crippen molar-refractivity contribution in [2.75, 3.05) is 38.2 Å². The van der Waals surface area contributed by atoms with Gasteiger partial charge in [-0.1, -0.05) is 6.07 Å². The molecule has 0 radical (unpaired) electrons. The Morgan fingerprint density at radius 1 is 1.34 bits per heavy atom. The van der Waals surface area contributed by atoms with Crippen molar-refractivity contribution >= 4 is 33.3 Å². The zero-order valence-corrected chi connectivity index (χ0v) is 20.1. The van der Waals surface area contributed by atoms with Crippen LogP contribution < -0.4 is 4.90 Å². The van der Waals surface area contributed by atoms with Gasteiger partial charge >= 0.3 is 5.97 Å². The standard InChI is InChI=1S/C24H31N5O2S/c1-5-31-24(30)21-16(2)20-22(26-17(3)27-23(20)32-21)29-11-7-9-19(15-29)14-28(4)13-18-8-6-10-25-12-18/h6,8,10,12,19H,5,7,9,11,13-15H2,1-4H3. The molecule has 1 saturated heterocycles. The molecule has 4 rings (SSSR count). The van der Waals surface area contributed by atoms with E-state index in [1.165, 1.54) is 23.3 Å². The topological polar surface area (TPSA) is 71.5 Å². The van der Waals surface area contributed by atoms with E-state index in [1.54, 1.807) is 0 Å². The summed E-state index contributed by atoms with van der Waals surface area (Å²) in [7, 11) is 2.17. The summed E-state index contributed by atoms with van der Waals surface area (Å²) < 4.78 is 5.26. The first-order chi connectivity index (χ1) is 15.5. The number of fused-ring (bicyclic) bond motifs is 1. The first kappa shape index (κ1) is 22.6. The number of thiophene rings is 1. The number of pyridine rings is 1. The highest BCUT2D eigenvalue weighted by atomic mass is 32.1. The fourth-order valence-electron chi connectivity index (χ4n) is 4.56. The van der Waals surface area contributed by atoms with E-state index >= 15 is 0 Å². The molecule has 0 N–H and O–H groups in total. The molecule has 0 aromatic carbocycles. The number of aromatic nitrogens is 3. The number of nitrogens with zero attached hydrogens (tertiary/aromatic N) is 5. The lowest BCUT2D eigenvalue weighted by molar-refractivity contribution is 0.0531. The van der Waals surface area contributed by atoms with Gasteiger partial charge in [0.25, 0.3) is 0 Å². The highest BCUT2D eigenvalue weighted by Crippen LogP contribution is 2.37. The van der Waals surface area contributed by atoms with E-state index in [2.05, 4.69) is 32.9 Å². The number of hydrogen-bond donors (Lipinski definition) is 0. The van der Waals surface area contributed by atoms with Gasteiger partial charge in [-0.3, -0.25) is 4.98 Å². The van der Waals surface area contributed by atoms with Crippen molar-refractivity contribution < 1.29 is 9.53 Å². The molecule has 0 aliphatic carbocycles. The van der Waals surface area contributed by atoms with E-state index in [9.17, 15) is 4.79 Å².